The van der Waals surface area contributed by atoms with Crippen LogP contribution in [-0.2, 0) is 28.6 Å². The van der Waals surface area contributed by atoms with Gasteiger partial charge in [-0.3, -0.25) is 14.4 Å². The molecule has 0 fully saturated rings. The summed E-state index contributed by atoms with van der Waals surface area (Å²) in [5.41, 5.74) is 0. The molecule has 0 N–H and O–H groups in total. The van der Waals surface area contributed by atoms with Crippen molar-refractivity contribution < 1.29 is 28.6 Å². The van der Waals surface area contributed by atoms with Crippen LogP contribution in [-0.4, -0.2) is 37.2 Å². The Morgan fingerprint density at radius 2 is 0.549 bits per heavy atom. The van der Waals surface area contributed by atoms with Crippen LogP contribution in [0.2, 0.25) is 0 Å². The standard InChI is InChI=1S/C65H112O6/c1-4-7-10-13-16-19-22-25-28-30-31-32-33-35-37-40-43-46-49-52-55-58-64(67)70-61-62(60-69-63(66)57-54-51-48-45-42-39-36-27-24-21-18-15-12-9-6-3)71-65(68)59-56-53-50-47-44-41-38-34-29-26-23-20-17-14-11-8-5-2/h7,10,16-17,19-20,25-26,28-29,31-32,35,37,62H,4-6,8-9,11-15,18,21-24,27,30,33-34,36,38-61H2,1-3H3/b10-7-,19-16-,20-17-,28-25-,29-26-,32-31-,37-35-. The van der Waals surface area contributed by atoms with E-state index in [4.69, 9.17) is 14.2 Å². The number of hydrogen-bond donors (Lipinski definition) is 0. The van der Waals surface area contributed by atoms with Crippen LogP contribution in [0.25, 0.3) is 0 Å². The molecule has 0 bridgehead atoms. The molecular weight excluding hydrogens is 877 g/mol. The minimum absolute atomic E-state index is 0.0839. The SMILES string of the molecule is CC/C=C\C/C=C\C/C=C\C/C=C\C/C=C\CCCCCCCC(=O)OCC(COC(=O)CCCCCCCCCCCCCCCCC)OC(=O)CCCCCCCCC/C=C\C/C=C\CCCCC. The second-order valence-corrected chi connectivity index (χ2v) is 19.9. The van der Waals surface area contributed by atoms with E-state index in [1.54, 1.807) is 0 Å². The van der Waals surface area contributed by atoms with E-state index in [1.165, 1.54) is 128 Å². The number of unbranched alkanes of at least 4 members (excludes halogenated alkanes) is 29. The fourth-order valence-electron chi connectivity index (χ4n) is 8.38. The molecule has 0 aromatic rings. The van der Waals surface area contributed by atoms with Gasteiger partial charge in [-0.15, -0.1) is 0 Å². The number of hydrogen-bond acceptors (Lipinski definition) is 6. The summed E-state index contributed by atoms with van der Waals surface area (Å²) in [6.45, 7) is 6.50. The zero-order valence-electron chi connectivity index (χ0n) is 46.7. The summed E-state index contributed by atoms with van der Waals surface area (Å²) in [6.07, 6.45) is 77.1. The molecule has 1 unspecified atom stereocenters. The molecule has 71 heavy (non-hydrogen) atoms. The van der Waals surface area contributed by atoms with E-state index in [-0.39, 0.29) is 31.1 Å². The molecule has 0 aromatic heterocycles. The lowest BCUT2D eigenvalue weighted by Gasteiger charge is -2.18. The summed E-state index contributed by atoms with van der Waals surface area (Å²) >= 11 is 0. The number of rotatable bonds is 54. The zero-order valence-corrected chi connectivity index (χ0v) is 46.7. The first-order chi connectivity index (χ1) is 35.0. The molecule has 6 heteroatoms. The van der Waals surface area contributed by atoms with E-state index < -0.39 is 6.10 Å². The molecule has 6 nitrogen and oxygen atoms in total. The minimum Gasteiger partial charge on any atom is -0.462 e. The largest absolute Gasteiger partial charge is 0.462 e. The second kappa shape index (κ2) is 59.2. The summed E-state index contributed by atoms with van der Waals surface area (Å²) < 4.78 is 16.9. The first-order valence-corrected chi connectivity index (χ1v) is 30.1. The molecule has 0 heterocycles. The quantitative estimate of drug-likeness (QED) is 0.0261. The zero-order chi connectivity index (χ0) is 51.4. The average Bonchev–Trinajstić information content (AvgIpc) is 3.37. The lowest BCUT2D eigenvalue weighted by atomic mass is 10.0. The number of esters is 3. The van der Waals surface area contributed by atoms with Gasteiger partial charge in [-0.05, 0) is 96.3 Å². The van der Waals surface area contributed by atoms with Crippen LogP contribution < -0.4 is 0 Å². The number of ether oxygens (including phenoxy) is 3. The Balaban J connectivity index is 4.42. The molecule has 0 aliphatic rings. The van der Waals surface area contributed by atoms with Crippen LogP contribution in [0.5, 0.6) is 0 Å². The number of carbonyl (C=O) groups excluding carboxylic acids is 3. The van der Waals surface area contributed by atoms with Crippen LogP contribution in [0.4, 0.5) is 0 Å². The van der Waals surface area contributed by atoms with Crippen molar-refractivity contribution in [2.45, 2.75) is 297 Å². The van der Waals surface area contributed by atoms with Gasteiger partial charge in [0.05, 0.1) is 0 Å². The maximum absolute atomic E-state index is 12.9. The van der Waals surface area contributed by atoms with Gasteiger partial charge < -0.3 is 14.2 Å². The van der Waals surface area contributed by atoms with Gasteiger partial charge in [0.15, 0.2) is 6.10 Å². The topological polar surface area (TPSA) is 78.9 Å². The first kappa shape index (κ1) is 67.6. The van der Waals surface area contributed by atoms with Crippen molar-refractivity contribution in [2.24, 2.45) is 0 Å². The third-order valence-corrected chi connectivity index (χ3v) is 12.9. The molecule has 0 spiro atoms. The molecule has 0 saturated carbocycles. The van der Waals surface area contributed by atoms with Gasteiger partial charge in [-0.1, -0.05) is 260 Å². The van der Waals surface area contributed by atoms with Crippen molar-refractivity contribution in [3.63, 3.8) is 0 Å². The van der Waals surface area contributed by atoms with Crippen molar-refractivity contribution >= 4 is 17.9 Å². The summed E-state index contributed by atoms with van der Waals surface area (Å²) in [5.74, 6) is -0.901. The maximum Gasteiger partial charge on any atom is 0.306 e. The fraction of sp³-hybridized carbons (Fsp3) is 0.738. The smallest absolute Gasteiger partial charge is 0.306 e. The Hall–Kier alpha value is -3.41. The first-order valence-electron chi connectivity index (χ1n) is 30.1. The van der Waals surface area contributed by atoms with Gasteiger partial charge in [-0.2, -0.15) is 0 Å². The Morgan fingerprint density at radius 3 is 0.887 bits per heavy atom. The minimum atomic E-state index is -0.789. The highest BCUT2D eigenvalue weighted by Gasteiger charge is 2.19. The predicted molar refractivity (Wildman–Crippen MR) is 307 cm³/mol. The number of allylic oxidation sites excluding steroid dienone is 14. The van der Waals surface area contributed by atoms with Crippen molar-refractivity contribution in [3.8, 4) is 0 Å². The van der Waals surface area contributed by atoms with Crippen molar-refractivity contribution in [1.82, 2.24) is 0 Å². The average molecular weight is 990 g/mol. The van der Waals surface area contributed by atoms with E-state index in [1.807, 2.05) is 0 Å². The van der Waals surface area contributed by atoms with Crippen LogP contribution in [0.15, 0.2) is 85.1 Å². The Morgan fingerprint density at radius 1 is 0.296 bits per heavy atom. The van der Waals surface area contributed by atoms with Gasteiger partial charge in [0.1, 0.15) is 13.2 Å². The molecule has 0 aliphatic heterocycles. The van der Waals surface area contributed by atoms with Crippen LogP contribution in [0.3, 0.4) is 0 Å². The highest BCUT2D eigenvalue weighted by Crippen LogP contribution is 2.16. The molecule has 0 aliphatic carbocycles. The fourth-order valence-corrected chi connectivity index (χ4v) is 8.38. The molecule has 0 amide bonds. The second-order valence-electron chi connectivity index (χ2n) is 19.9. The summed E-state index contributed by atoms with van der Waals surface area (Å²) in [4.78, 5) is 38.2. The van der Waals surface area contributed by atoms with Crippen molar-refractivity contribution in [2.75, 3.05) is 13.2 Å². The molecule has 0 radical (unpaired) electrons. The summed E-state index contributed by atoms with van der Waals surface area (Å²) in [5, 5.41) is 0. The molecule has 0 aromatic carbocycles. The highest BCUT2D eigenvalue weighted by molar-refractivity contribution is 5.71. The predicted octanol–water partition coefficient (Wildman–Crippen LogP) is 20.3. The van der Waals surface area contributed by atoms with Crippen LogP contribution in [0.1, 0.15) is 290 Å². The molecule has 0 rings (SSSR count). The van der Waals surface area contributed by atoms with Crippen molar-refractivity contribution in [1.29, 1.82) is 0 Å². The Kier molecular flexibility index (Phi) is 56.3. The van der Waals surface area contributed by atoms with E-state index in [9.17, 15) is 14.4 Å². The Bertz CT molecular complexity index is 1370. The third kappa shape index (κ3) is 57.4. The van der Waals surface area contributed by atoms with E-state index in [0.717, 1.165) is 122 Å². The van der Waals surface area contributed by atoms with Crippen LogP contribution >= 0.6 is 0 Å². The van der Waals surface area contributed by atoms with Gasteiger partial charge in [0, 0.05) is 19.3 Å². The lowest BCUT2D eigenvalue weighted by molar-refractivity contribution is -0.167. The molecule has 0 saturated heterocycles. The monoisotopic (exact) mass is 989 g/mol. The number of carbonyl (C=O) groups is 3. The van der Waals surface area contributed by atoms with Gasteiger partial charge in [0.2, 0.25) is 0 Å². The molecule has 408 valence electrons. The summed E-state index contributed by atoms with van der Waals surface area (Å²) in [7, 11) is 0. The van der Waals surface area contributed by atoms with E-state index in [0.29, 0.717) is 19.3 Å². The van der Waals surface area contributed by atoms with E-state index >= 15 is 0 Å². The maximum atomic E-state index is 12.9. The normalized spacial score (nSPS) is 12.7. The third-order valence-electron chi connectivity index (χ3n) is 12.9. The molecule has 1 atom stereocenters. The molecular formula is C65H112O6. The Labute approximate surface area is 439 Å². The van der Waals surface area contributed by atoms with Crippen molar-refractivity contribution in [3.05, 3.63) is 85.1 Å². The van der Waals surface area contributed by atoms with E-state index in [2.05, 4.69) is 106 Å². The highest BCUT2D eigenvalue weighted by atomic mass is 16.6. The van der Waals surface area contributed by atoms with Gasteiger partial charge in [-0.25, -0.2) is 0 Å². The van der Waals surface area contributed by atoms with Gasteiger partial charge in [0.25, 0.3) is 0 Å². The van der Waals surface area contributed by atoms with Crippen LogP contribution in [0, 0.1) is 0 Å². The summed E-state index contributed by atoms with van der Waals surface area (Å²) in [6, 6.07) is 0. The lowest BCUT2D eigenvalue weighted by Crippen LogP contribution is -2.30. The van der Waals surface area contributed by atoms with Gasteiger partial charge >= 0.3 is 17.9 Å².